The number of carbonyl (C=O) groups excluding carboxylic acids is 1. The Bertz CT molecular complexity index is 410. The number of halogens is 1. The number of carbonyl (C=O) groups is 1. The van der Waals surface area contributed by atoms with Crippen LogP contribution in [0.2, 0.25) is 0 Å². The predicted molar refractivity (Wildman–Crippen MR) is 75.3 cm³/mol. The maximum Gasteiger partial charge on any atom is 0.239 e. The molecule has 1 aromatic rings. The Morgan fingerprint density at radius 1 is 1.33 bits per heavy atom. The van der Waals surface area contributed by atoms with Gasteiger partial charge in [-0.2, -0.15) is 0 Å². The van der Waals surface area contributed by atoms with Gasteiger partial charge in [0.1, 0.15) is 0 Å². The molecule has 0 bridgehead atoms. The molecule has 0 fully saturated rings. The zero-order valence-corrected chi connectivity index (χ0v) is 12.4. The molecule has 0 aliphatic carbocycles. The average Bonchev–Trinajstić information content (AvgIpc) is 2.29. The molecule has 5 nitrogen and oxygen atoms in total. The Balaban J connectivity index is 0.00000289. The van der Waals surface area contributed by atoms with Gasteiger partial charge in [-0.1, -0.05) is 6.07 Å². The van der Waals surface area contributed by atoms with Gasteiger partial charge in [-0.05, 0) is 31.2 Å². The number of rotatable bonds is 4. The Morgan fingerprint density at radius 3 is 2.39 bits per heavy atom. The van der Waals surface area contributed by atoms with Crippen molar-refractivity contribution in [3.8, 4) is 11.5 Å². The van der Waals surface area contributed by atoms with Crippen LogP contribution in [0, 0.1) is 0 Å². The molecule has 1 aromatic carbocycles. The molecule has 1 atom stereocenters. The lowest BCUT2D eigenvalue weighted by atomic mass is 10.0. The largest absolute Gasteiger partial charge is 0.504 e. The fourth-order valence-electron chi connectivity index (χ4n) is 1.56. The molecule has 102 valence electrons. The van der Waals surface area contributed by atoms with Gasteiger partial charge in [0.05, 0.1) is 6.04 Å². The van der Waals surface area contributed by atoms with Gasteiger partial charge in [-0.25, -0.2) is 0 Å². The summed E-state index contributed by atoms with van der Waals surface area (Å²) in [5.74, 6) is -0.358. The van der Waals surface area contributed by atoms with E-state index in [0.29, 0.717) is 6.42 Å². The van der Waals surface area contributed by atoms with Gasteiger partial charge in [0.25, 0.3) is 0 Å². The van der Waals surface area contributed by atoms with Gasteiger partial charge in [-0.3, -0.25) is 4.79 Å². The molecule has 18 heavy (non-hydrogen) atoms. The molecule has 1 amide bonds. The molecule has 3 N–H and O–H groups in total. The Morgan fingerprint density at radius 2 is 1.94 bits per heavy atom. The number of amides is 1. The summed E-state index contributed by atoms with van der Waals surface area (Å²) in [5.41, 5.74) is 0.787. The summed E-state index contributed by atoms with van der Waals surface area (Å²) < 4.78 is 0. The van der Waals surface area contributed by atoms with Crippen molar-refractivity contribution in [1.29, 1.82) is 0 Å². The fourth-order valence-corrected chi connectivity index (χ4v) is 1.56. The molecule has 0 radical (unpaired) electrons. The van der Waals surface area contributed by atoms with E-state index in [1.807, 2.05) is 0 Å². The number of aromatic hydroxyl groups is 2. The summed E-state index contributed by atoms with van der Waals surface area (Å²) >= 11 is 0. The third-order valence-electron chi connectivity index (χ3n) is 2.57. The van der Waals surface area contributed by atoms with Gasteiger partial charge < -0.3 is 20.4 Å². The van der Waals surface area contributed by atoms with Crippen LogP contribution in [0.4, 0.5) is 0 Å². The lowest BCUT2D eigenvalue weighted by Crippen LogP contribution is -2.43. The lowest BCUT2D eigenvalue weighted by Gasteiger charge is -2.20. The van der Waals surface area contributed by atoms with Gasteiger partial charge >= 0.3 is 0 Å². The summed E-state index contributed by atoms with van der Waals surface area (Å²) in [7, 11) is 5.11. The third kappa shape index (κ3) is 4.19. The first-order chi connectivity index (χ1) is 7.95. The van der Waals surface area contributed by atoms with Gasteiger partial charge in [-0.15, -0.1) is 17.0 Å². The van der Waals surface area contributed by atoms with Gasteiger partial charge in [0, 0.05) is 14.1 Å². The van der Waals surface area contributed by atoms with Crippen molar-refractivity contribution in [2.24, 2.45) is 0 Å². The summed E-state index contributed by atoms with van der Waals surface area (Å²) in [6, 6.07) is 4.22. The number of benzene rings is 1. The molecule has 0 unspecified atom stereocenters. The highest BCUT2D eigenvalue weighted by Gasteiger charge is 2.18. The van der Waals surface area contributed by atoms with Crippen LogP contribution >= 0.6 is 17.0 Å². The van der Waals surface area contributed by atoms with Crippen LogP contribution in [0.15, 0.2) is 18.2 Å². The molecule has 1 rings (SSSR count). The van der Waals surface area contributed by atoms with Crippen molar-refractivity contribution >= 4 is 22.9 Å². The summed E-state index contributed by atoms with van der Waals surface area (Å²) in [5, 5.41) is 21.5. The highest BCUT2D eigenvalue weighted by atomic mass is 79.9. The van der Waals surface area contributed by atoms with Crippen LogP contribution in [0.1, 0.15) is 5.56 Å². The molecule has 0 saturated heterocycles. The van der Waals surface area contributed by atoms with E-state index >= 15 is 0 Å². The number of likely N-dealkylation sites (N-methyl/N-ethyl adjacent to an activating group) is 2. The molecule has 0 aromatic heterocycles. The van der Waals surface area contributed by atoms with Crippen molar-refractivity contribution in [3.63, 3.8) is 0 Å². The van der Waals surface area contributed by atoms with E-state index < -0.39 is 0 Å². The van der Waals surface area contributed by atoms with Crippen molar-refractivity contribution < 1.29 is 15.0 Å². The second-order valence-corrected chi connectivity index (χ2v) is 4.10. The van der Waals surface area contributed by atoms with Crippen molar-refractivity contribution in [1.82, 2.24) is 10.2 Å². The lowest BCUT2D eigenvalue weighted by molar-refractivity contribution is -0.130. The molecular weight excluding hydrogens is 300 g/mol. The molecule has 0 aliphatic heterocycles. The van der Waals surface area contributed by atoms with Crippen LogP contribution in [-0.2, 0) is 11.2 Å². The standard InChI is InChI=1S/C12H18N2O3.BrH/c1-13-9(12(17)14(2)3)6-8-4-5-10(15)11(16)7-8;/h4-5,7,9,13,15-16H,6H2,1-3H3;1H/t9-;/m0./s1. The van der Waals surface area contributed by atoms with Crippen LogP contribution < -0.4 is 5.32 Å². The zero-order chi connectivity index (χ0) is 13.0. The van der Waals surface area contributed by atoms with Crippen LogP contribution in [0.5, 0.6) is 11.5 Å². The molecule has 0 heterocycles. The first-order valence-electron chi connectivity index (χ1n) is 5.35. The second kappa shape index (κ2) is 7.23. The number of phenolic OH excluding ortho intramolecular Hbond substituents is 2. The minimum atomic E-state index is -0.339. The molecule has 0 spiro atoms. The van der Waals surface area contributed by atoms with E-state index in [0.717, 1.165) is 5.56 Å². The maximum atomic E-state index is 11.8. The second-order valence-electron chi connectivity index (χ2n) is 4.10. The monoisotopic (exact) mass is 318 g/mol. The smallest absolute Gasteiger partial charge is 0.239 e. The van der Waals surface area contributed by atoms with E-state index in [1.54, 1.807) is 27.2 Å². The maximum absolute atomic E-state index is 11.8. The third-order valence-corrected chi connectivity index (χ3v) is 2.57. The topological polar surface area (TPSA) is 72.8 Å². The van der Waals surface area contributed by atoms with Gasteiger partial charge in [0.2, 0.25) is 5.91 Å². The number of phenols is 2. The highest BCUT2D eigenvalue weighted by Crippen LogP contribution is 2.25. The highest BCUT2D eigenvalue weighted by molar-refractivity contribution is 8.93. The van der Waals surface area contributed by atoms with E-state index in [-0.39, 0.29) is 40.4 Å². The van der Waals surface area contributed by atoms with Crippen LogP contribution in [0.3, 0.4) is 0 Å². The van der Waals surface area contributed by atoms with Gasteiger partial charge in [0.15, 0.2) is 11.5 Å². The van der Waals surface area contributed by atoms with Crippen molar-refractivity contribution in [2.75, 3.05) is 21.1 Å². The molecule has 0 saturated carbocycles. The number of hydrogen-bond donors (Lipinski definition) is 3. The van der Waals surface area contributed by atoms with E-state index in [9.17, 15) is 15.0 Å². The number of nitrogens with one attached hydrogen (secondary N) is 1. The first kappa shape index (κ1) is 16.7. The number of nitrogens with zero attached hydrogens (tertiary/aromatic N) is 1. The van der Waals surface area contributed by atoms with Crippen molar-refractivity contribution in [2.45, 2.75) is 12.5 Å². The Labute approximate surface area is 117 Å². The SMILES string of the molecule is Br.CN[C@@H](Cc1ccc(O)c(O)c1)C(=O)N(C)C. The molecule has 6 heteroatoms. The predicted octanol–water partition coefficient (Wildman–Crippen LogP) is 0.894. The fraction of sp³-hybridized carbons (Fsp3) is 0.417. The van der Waals surface area contributed by atoms with Crippen LogP contribution in [-0.4, -0.2) is 48.2 Å². The quantitative estimate of drug-likeness (QED) is 0.721. The van der Waals surface area contributed by atoms with Crippen LogP contribution in [0.25, 0.3) is 0 Å². The average molecular weight is 319 g/mol. The molecule has 0 aliphatic rings. The minimum absolute atomic E-state index is 0. The summed E-state index contributed by atoms with van der Waals surface area (Å²) in [6.07, 6.45) is 0.460. The van der Waals surface area contributed by atoms with E-state index in [1.165, 1.54) is 17.0 Å². The Kier molecular flexibility index (Phi) is 6.72. The minimum Gasteiger partial charge on any atom is -0.504 e. The summed E-state index contributed by atoms with van der Waals surface area (Å²) in [4.78, 5) is 13.3. The number of hydrogen-bond acceptors (Lipinski definition) is 4. The first-order valence-corrected chi connectivity index (χ1v) is 5.35. The normalized spacial score (nSPS) is 11.5. The molecular formula is C12H19BrN2O3. The summed E-state index contributed by atoms with van der Waals surface area (Å²) in [6.45, 7) is 0. The zero-order valence-electron chi connectivity index (χ0n) is 10.7. The van der Waals surface area contributed by atoms with E-state index in [2.05, 4.69) is 5.32 Å². The van der Waals surface area contributed by atoms with E-state index in [4.69, 9.17) is 0 Å². The Hall–Kier alpha value is -1.27. The van der Waals surface area contributed by atoms with Crippen molar-refractivity contribution in [3.05, 3.63) is 23.8 Å².